The van der Waals surface area contributed by atoms with Crippen LogP contribution in [0.25, 0.3) is 0 Å². The Morgan fingerprint density at radius 3 is 2.71 bits per heavy atom. The Labute approximate surface area is 86.0 Å². The maximum absolute atomic E-state index is 12.7. The molecule has 14 heavy (non-hydrogen) atoms. The molecule has 4 N–H and O–H groups in total. The number of rotatable bonds is 3. The summed E-state index contributed by atoms with van der Waals surface area (Å²) in [6, 6.07) is 2.37. The minimum atomic E-state index is -1.32. The lowest BCUT2D eigenvalue weighted by atomic mass is 10.1. The van der Waals surface area contributed by atoms with Gasteiger partial charge in [0, 0.05) is 5.75 Å². The molecule has 0 saturated heterocycles. The minimum Gasteiger partial charge on any atom is -0.397 e. The highest BCUT2D eigenvalue weighted by molar-refractivity contribution is 7.80. The number of nitrogen functional groups attached to an aromatic ring is 1. The average Bonchev–Trinajstić information content (AvgIpc) is 2.19. The number of pyridine rings is 1. The van der Waals surface area contributed by atoms with E-state index in [-0.39, 0.29) is 17.1 Å². The van der Waals surface area contributed by atoms with Crippen molar-refractivity contribution in [2.45, 2.75) is 12.2 Å². The lowest BCUT2D eigenvalue weighted by Crippen LogP contribution is -2.22. The highest BCUT2D eigenvalue weighted by Crippen LogP contribution is 2.21. The largest absolute Gasteiger partial charge is 0.397 e. The molecule has 2 atom stereocenters. The second-order valence-electron chi connectivity index (χ2n) is 2.80. The summed E-state index contributed by atoms with van der Waals surface area (Å²) in [5.41, 5.74) is 5.53. The Balaban J connectivity index is 2.99. The molecule has 0 bridgehead atoms. The zero-order chi connectivity index (χ0) is 10.7. The topological polar surface area (TPSA) is 79.4 Å². The zero-order valence-electron chi connectivity index (χ0n) is 7.26. The van der Waals surface area contributed by atoms with Crippen LogP contribution in [0.2, 0.25) is 0 Å². The summed E-state index contributed by atoms with van der Waals surface area (Å²) in [6.45, 7) is 0. The summed E-state index contributed by atoms with van der Waals surface area (Å²) in [4.78, 5) is 3.41. The zero-order valence-corrected chi connectivity index (χ0v) is 8.16. The van der Waals surface area contributed by atoms with Gasteiger partial charge in [0.15, 0.2) is 0 Å². The Hall–Kier alpha value is -0.850. The van der Waals surface area contributed by atoms with E-state index in [0.29, 0.717) is 0 Å². The van der Waals surface area contributed by atoms with Gasteiger partial charge in [-0.3, -0.25) is 0 Å². The Kier molecular flexibility index (Phi) is 3.68. The fourth-order valence-electron chi connectivity index (χ4n) is 0.980. The fourth-order valence-corrected chi connectivity index (χ4v) is 1.18. The third-order valence-corrected chi connectivity index (χ3v) is 2.13. The van der Waals surface area contributed by atoms with E-state index in [1.54, 1.807) is 0 Å². The molecule has 1 aromatic rings. The number of thiol groups is 1. The molecule has 0 radical (unpaired) electrons. The van der Waals surface area contributed by atoms with Crippen molar-refractivity contribution in [3.05, 3.63) is 23.8 Å². The molecule has 0 aliphatic rings. The molecular weight excluding hydrogens is 207 g/mol. The average molecular weight is 218 g/mol. The maximum atomic E-state index is 12.7. The van der Waals surface area contributed by atoms with Crippen molar-refractivity contribution in [2.24, 2.45) is 0 Å². The molecule has 0 fully saturated rings. The lowest BCUT2D eigenvalue weighted by molar-refractivity contribution is 0.0311. The van der Waals surface area contributed by atoms with Gasteiger partial charge in [-0.05, 0) is 12.1 Å². The van der Waals surface area contributed by atoms with Crippen LogP contribution in [0.3, 0.4) is 0 Å². The molecule has 0 amide bonds. The highest BCUT2D eigenvalue weighted by Gasteiger charge is 2.21. The van der Waals surface area contributed by atoms with Crippen LogP contribution in [-0.2, 0) is 0 Å². The summed E-state index contributed by atoms with van der Waals surface area (Å²) < 4.78 is 12.7. The van der Waals surface area contributed by atoms with Crippen molar-refractivity contribution in [1.29, 1.82) is 0 Å². The standard InChI is InChI=1S/C8H11FN2O2S/c9-6-2-1-4(10)7(11-6)8(13)5(12)3-14/h1-2,5,8,12-14H,3,10H2. The molecule has 0 aliphatic carbocycles. The third-order valence-electron chi connectivity index (χ3n) is 1.76. The van der Waals surface area contributed by atoms with Crippen LogP contribution in [0.4, 0.5) is 10.1 Å². The lowest BCUT2D eigenvalue weighted by Gasteiger charge is -2.16. The predicted octanol–water partition coefficient (Wildman–Crippen LogP) is 0.127. The summed E-state index contributed by atoms with van der Waals surface area (Å²) in [5, 5.41) is 18.7. The van der Waals surface area contributed by atoms with E-state index in [0.717, 1.165) is 6.07 Å². The Bertz CT molecular complexity index is 324. The molecule has 4 nitrogen and oxygen atoms in total. The Morgan fingerprint density at radius 1 is 1.50 bits per heavy atom. The van der Waals surface area contributed by atoms with Gasteiger partial charge in [-0.15, -0.1) is 0 Å². The van der Waals surface area contributed by atoms with E-state index in [4.69, 9.17) is 5.73 Å². The molecule has 1 heterocycles. The molecular formula is C8H11FN2O2S. The Morgan fingerprint density at radius 2 is 2.14 bits per heavy atom. The fraction of sp³-hybridized carbons (Fsp3) is 0.375. The first-order chi connectivity index (χ1) is 6.56. The van der Waals surface area contributed by atoms with Gasteiger partial charge in [-0.25, -0.2) is 4.98 Å². The number of aliphatic hydroxyl groups is 2. The van der Waals surface area contributed by atoms with E-state index in [1.165, 1.54) is 6.07 Å². The van der Waals surface area contributed by atoms with Crippen molar-refractivity contribution in [3.8, 4) is 0 Å². The number of aromatic nitrogens is 1. The number of anilines is 1. The molecule has 1 rings (SSSR count). The van der Waals surface area contributed by atoms with Crippen LogP contribution >= 0.6 is 12.6 Å². The minimum absolute atomic E-state index is 0.0405. The maximum Gasteiger partial charge on any atom is 0.213 e. The first-order valence-corrected chi connectivity index (χ1v) is 4.58. The van der Waals surface area contributed by atoms with Gasteiger partial charge < -0.3 is 15.9 Å². The van der Waals surface area contributed by atoms with Crippen LogP contribution in [0.5, 0.6) is 0 Å². The van der Waals surface area contributed by atoms with E-state index in [9.17, 15) is 14.6 Å². The molecule has 78 valence electrons. The molecule has 0 spiro atoms. The van der Waals surface area contributed by atoms with Crippen LogP contribution < -0.4 is 5.73 Å². The third kappa shape index (κ3) is 2.34. The van der Waals surface area contributed by atoms with Gasteiger partial charge >= 0.3 is 0 Å². The summed E-state index contributed by atoms with van der Waals surface area (Å²) in [6.07, 6.45) is -2.43. The van der Waals surface area contributed by atoms with Gasteiger partial charge in [-0.1, -0.05) is 0 Å². The van der Waals surface area contributed by atoms with Crippen LogP contribution in [-0.4, -0.2) is 27.1 Å². The van der Waals surface area contributed by atoms with Gasteiger partial charge in [-0.2, -0.15) is 17.0 Å². The first-order valence-electron chi connectivity index (χ1n) is 3.95. The number of halogens is 1. The predicted molar refractivity (Wildman–Crippen MR) is 53.4 cm³/mol. The molecule has 1 aromatic heterocycles. The first kappa shape index (κ1) is 11.2. The molecule has 2 unspecified atom stereocenters. The van der Waals surface area contributed by atoms with E-state index in [1.807, 2.05) is 0 Å². The summed E-state index contributed by atoms with van der Waals surface area (Å²) >= 11 is 3.79. The van der Waals surface area contributed by atoms with Gasteiger partial charge in [0.25, 0.3) is 0 Å². The molecule has 0 saturated carbocycles. The van der Waals surface area contributed by atoms with Gasteiger partial charge in [0.1, 0.15) is 6.10 Å². The van der Waals surface area contributed by atoms with E-state index >= 15 is 0 Å². The van der Waals surface area contributed by atoms with Gasteiger partial charge in [0.2, 0.25) is 5.95 Å². The quantitative estimate of drug-likeness (QED) is 0.429. The second kappa shape index (κ2) is 4.59. The molecule has 6 heteroatoms. The van der Waals surface area contributed by atoms with Crippen molar-refractivity contribution >= 4 is 18.3 Å². The number of aliphatic hydroxyl groups excluding tert-OH is 2. The van der Waals surface area contributed by atoms with Crippen molar-refractivity contribution in [2.75, 3.05) is 11.5 Å². The summed E-state index contributed by atoms with van der Waals surface area (Å²) in [5.74, 6) is -0.710. The smallest absolute Gasteiger partial charge is 0.213 e. The number of nitrogens with two attached hydrogens (primary N) is 1. The van der Waals surface area contributed by atoms with Crippen molar-refractivity contribution < 1.29 is 14.6 Å². The number of hydrogen-bond acceptors (Lipinski definition) is 5. The van der Waals surface area contributed by atoms with Gasteiger partial charge in [0.05, 0.1) is 17.5 Å². The SMILES string of the molecule is Nc1ccc(F)nc1C(O)C(O)CS. The van der Waals surface area contributed by atoms with E-state index < -0.39 is 18.2 Å². The van der Waals surface area contributed by atoms with Crippen molar-refractivity contribution in [1.82, 2.24) is 4.98 Å². The normalized spacial score (nSPS) is 15.1. The molecule has 0 aliphatic heterocycles. The van der Waals surface area contributed by atoms with Crippen LogP contribution in [0.15, 0.2) is 12.1 Å². The second-order valence-corrected chi connectivity index (χ2v) is 3.17. The van der Waals surface area contributed by atoms with E-state index in [2.05, 4.69) is 17.6 Å². The molecule has 0 aromatic carbocycles. The van der Waals surface area contributed by atoms with Crippen LogP contribution in [0.1, 0.15) is 11.8 Å². The van der Waals surface area contributed by atoms with Crippen molar-refractivity contribution in [3.63, 3.8) is 0 Å². The monoisotopic (exact) mass is 218 g/mol. The number of hydrogen-bond donors (Lipinski definition) is 4. The number of nitrogens with zero attached hydrogens (tertiary/aromatic N) is 1. The van der Waals surface area contributed by atoms with Crippen LogP contribution in [0, 0.1) is 5.95 Å². The summed E-state index contributed by atoms with van der Waals surface area (Å²) in [7, 11) is 0. The highest BCUT2D eigenvalue weighted by atomic mass is 32.1.